The molecule has 4 N–H and O–H groups in total. The van der Waals surface area contributed by atoms with Crippen LogP contribution in [0.1, 0.15) is 39.2 Å². The van der Waals surface area contributed by atoms with Gasteiger partial charge in [0, 0.05) is 51.3 Å². The molecule has 0 fully saturated rings. The molecule has 12 heteroatoms. The molecule has 0 spiro atoms. The fourth-order valence-corrected chi connectivity index (χ4v) is 7.36. The maximum atomic E-state index is 11.1. The number of nitrogens with one attached hydrogen (secondary N) is 2. The Morgan fingerprint density at radius 3 is 2.03 bits per heavy atom. The normalized spacial score (nSPS) is 14.3. The van der Waals surface area contributed by atoms with Crippen molar-refractivity contribution >= 4 is 30.7 Å². The predicted molar refractivity (Wildman–Crippen MR) is 139 cm³/mol. The number of hydrogen-bond donors (Lipinski definition) is 4. The van der Waals surface area contributed by atoms with Gasteiger partial charge in [-0.15, -0.1) is 0 Å². The van der Waals surface area contributed by atoms with E-state index in [1.165, 1.54) is 12.1 Å². The topological polar surface area (TPSA) is 126 Å². The van der Waals surface area contributed by atoms with Crippen molar-refractivity contribution in [1.82, 2.24) is 10.6 Å². The smallest absolute Gasteiger partial charge is 0.391 e. The molecule has 9 nitrogen and oxygen atoms in total. The monoisotopic (exact) mass is 538 g/mol. The van der Waals surface area contributed by atoms with Crippen LogP contribution >= 0.6 is 11.8 Å². The average molecular weight is 539 g/mol. The highest BCUT2D eigenvalue weighted by Gasteiger charge is 2.39. The van der Waals surface area contributed by atoms with E-state index < -0.39 is 25.0 Å². The maximum Gasteiger partial charge on any atom is 0.502 e. The van der Waals surface area contributed by atoms with Crippen molar-refractivity contribution in [1.29, 1.82) is 0 Å². The summed E-state index contributed by atoms with van der Waals surface area (Å²) in [6.45, 7) is 12.4. The minimum Gasteiger partial charge on any atom is -0.391 e. The minimum atomic E-state index is -4.17. The number of thioether (sulfide) groups is 1. The summed E-state index contributed by atoms with van der Waals surface area (Å²) in [5, 5.41) is 16.8. The van der Waals surface area contributed by atoms with E-state index in [1.54, 1.807) is 23.9 Å². The molecular weight excluding hydrogens is 496 g/mol. The van der Waals surface area contributed by atoms with Gasteiger partial charge in [0.05, 0.1) is 11.0 Å². The summed E-state index contributed by atoms with van der Waals surface area (Å²) in [5.74, 6) is 1.61. The van der Waals surface area contributed by atoms with Gasteiger partial charge in [0.2, 0.25) is 0 Å². The Morgan fingerprint density at radius 1 is 0.941 bits per heavy atom. The van der Waals surface area contributed by atoms with Gasteiger partial charge in [-0.25, -0.2) is 0 Å². The first kappa shape index (κ1) is 31.5. The van der Waals surface area contributed by atoms with Crippen molar-refractivity contribution in [2.24, 2.45) is 0 Å². The Kier molecular flexibility index (Phi) is 15.7. The molecule has 198 valence electrons. The molecule has 0 saturated heterocycles. The Morgan fingerprint density at radius 2 is 1.50 bits per heavy atom. The van der Waals surface area contributed by atoms with Gasteiger partial charge in [0.1, 0.15) is 0 Å². The standard InChI is InChI=1S/C22H42N2O7S2Si/c1-5-29-34(30-6-2,31-7-3)15-14-23-12-13-24-16-21(25)18-32-17-19(4)20-8-10-22(11-9-20)33(26,27)28/h8-11,19,21,23-25H,5-7,12-18H2,1-4H3,(H,26,27,28). The molecule has 0 saturated carbocycles. The second kappa shape index (κ2) is 17.0. The summed E-state index contributed by atoms with van der Waals surface area (Å²) in [5.41, 5.74) is 0.990. The first-order valence-corrected chi connectivity index (χ1v) is 16.4. The summed E-state index contributed by atoms with van der Waals surface area (Å²) in [6, 6.07) is 6.96. The molecule has 34 heavy (non-hydrogen) atoms. The first-order valence-electron chi connectivity index (χ1n) is 11.8. The van der Waals surface area contributed by atoms with Crippen LogP contribution in [0.4, 0.5) is 0 Å². The Hall–Kier alpha value is -0.543. The zero-order valence-corrected chi connectivity index (χ0v) is 23.4. The van der Waals surface area contributed by atoms with Gasteiger partial charge in [-0.05, 0) is 56.7 Å². The lowest BCUT2D eigenvalue weighted by Gasteiger charge is -2.28. The van der Waals surface area contributed by atoms with E-state index in [4.69, 9.17) is 17.8 Å². The van der Waals surface area contributed by atoms with Crippen molar-refractivity contribution in [3.63, 3.8) is 0 Å². The molecular formula is C22H42N2O7S2Si. The van der Waals surface area contributed by atoms with Crippen molar-refractivity contribution in [3.05, 3.63) is 29.8 Å². The summed E-state index contributed by atoms with van der Waals surface area (Å²) in [4.78, 5) is -0.105. The molecule has 0 amide bonds. The number of rotatable bonds is 20. The lowest BCUT2D eigenvalue weighted by molar-refractivity contribution is 0.0714. The fraction of sp³-hybridized carbons (Fsp3) is 0.727. The second-order valence-corrected chi connectivity index (χ2v) is 13.1. The third-order valence-electron chi connectivity index (χ3n) is 4.98. The van der Waals surface area contributed by atoms with Crippen LogP contribution in [0.5, 0.6) is 0 Å². The molecule has 0 aliphatic rings. The highest BCUT2D eigenvalue weighted by atomic mass is 32.2. The van der Waals surface area contributed by atoms with Crippen LogP contribution in [0.15, 0.2) is 29.2 Å². The molecule has 2 atom stereocenters. The van der Waals surface area contributed by atoms with Gasteiger partial charge in [-0.3, -0.25) is 4.55 Å². The van der Waals surface area contributed by atoms with E-state index >= 15 is 0 Å². The Balaban J connectivity index is 2.19. The molecule has 1 rings (SSSR count). The van der Waals surface area contributed by atoms with Gasteiger partial charge in [-0.1, -0.05) is 19.1 Å². The van der Waals surface area contributed by atoms with Crippen molar-refractivity contribution in [2.75, 3.05) is 57.5 Å². The first-order chi connectivity index (χ1) is 16.2. The van der Waals surface area contributed by atoms with E-state index in [0.29, 0.717) is 32.1 Å². The van der Waals surface area contributed by atoms with Crippen molar-refractivity contribution in [3.8, 4) is 0 Å². The predicted octanol–water partition coefficient (Wildman–Crippen LogP) is 2.36. The van der Waals surface area contributed by atoms with Gasteiger partial charge in [0.25, 0.3) is 10.1 Å². The number of benzene rings is 1. The Labute approximate surface area is 210 Å². The zero-order chi connectivity index (χ0) is 25.5. The van der Waals surface area contributed by atoms with Crippen molar-refractivity contribution < 1.29 is 31.4 Å². The lowest BCUT2D eigenvalue weighted by atomic mass is 10.0. The zero-order valence-electron chi connectivity index (χ0n) is 20.8. The van der Waals surface area contributed by atoms with Gasteiger partial charge < -0.3 is 29.0 Å². The summed E-state index contributed by atoms with van der Waals surface area (Å²) >= 11 is 1.65. The molecule has 0 heterocycles. The van der Waals surface area contributed by atoms with Gasteiger partial charge in [0.15, 0.2) is 0 Å². The number of aliphatic hydroxyl groups is 1. The molecule has 0 aromatic heterocycles. The van der Waals surface area contributed by atoms with E-state index in [2.05, 4.69) is 10.6 Å². The van der Waals surface area contributed by atoms with Crippen LogP contribution in [-0.2, 0) is 23.4 Å². The highest BCUT2D eigenvalue weighted by Crippen LogP contribution is 2.22. The van der Waals surface area contributed by atoms with E-state index in [9.17, 15) is 13.5 Å². The van der Waals surface area contributed by atoms with Crippen molar-refractivity contribution in [2.45, 2.75) is 50.7 Å². The minimum absolute atomic E-state index is 0.105. The number of aliphatic hydroxyl groups excluding tert-OH is 1. The van der Waals surface area contributed by atoms with Crippen LogP contribution in [0.2, 0.25) is 6.04 Å². The summed E-state index contributed by atoms with van der Waals surface area (Å²) in [7, 11) is -6.77. The third kappa shape index (κ3) is 12.4. The molecule has 0 aliphatic carbocycles. The largest absolute Gasteiger partial charge is 0.502 e. The lowest BCUT2D eigenvalue weighted by Crippen LogP contribution is -2.48. The van der Waals surface area contributed by atoms with E-state index in [1.807, 2.05) is 27.7 Å². The van der Waals surface area contributed by atoms with E-state index in [0.717, 1.165) is 37.0 Å². The maximum absolute atomic E-state index is 11.1. The van der Waals surface area contributed by atoms with Crippen LogP contribution in [-0.4, -0.2) is 90.5 Å². The average Bonchev–Trinajstić information content (AvgIpc) is 2.78. The summed E-state index contributed by atoms with van der Waals surface area (Å²) in [6.07, 6.45) is -0.451. The van der Waals surface area contributed by atoms with Crippen LogP contribution in [0.3, 0.4) is 0 Å². The molecule has 2 unspecified atom stereocenters. The van der Waals surface area contributed by atoms with E-state index in [-0.39, 0.29) is 10.8 Å². The molecule has 1 aromatic rings. The second-order valence-electron chi connectivity index (χ2n) is 7.82. The van der Waals surface area contributed by atoms with Gasteiger partial charge >= 0.3 is 8.80 Å². The van der Waals surface area contributed by atoms with Crippen LogP contribution in [0, 0.1) is 0 Å². The fourth-order valence-electron chi connectivity index (χ4n) is 3.32. The number of hydrogen-bond acceptors (Lipinski definition) is 9. The molecule has 0 aliphatic heterocycles. The van der Waals surface area contributed by atoms with Gasteiger partial charge in [-0.2, -0.15) is 20.2 Å². The quantitative estimate of drug-likeness (QED) is 0.112. The SMILES string of the molecule is CCO[Si](CCNCCNCC(O)CSCC(C)c1ccc(S(=O)(=O)O)cc1)(OCC)OCC. The summed E-state index contributed by atoms with van der Waals surface area (Å²) < 4.78 is 48.8. The Bertz CT molecular complexity index is 752. The molecule has 1 aromatic carbocycles. The molecule has 0 bridgehead atoms. The van der Waals surface area contributed by atoms with Crippen LogP contribution in [0.25, 0.3) is 0 Å². The molecule has 0 radical (unpaired) electrons. The van der Waals surface area contributed by atoms with Crippen LogP contribution < -0.4 is 10.6 Å². The highest BCUT2D eigenvalue weighted by molar-refractivity contribution is 7.99. The third-order valence-corrected chi connectivity index (χ3v) is 10.3.